The molecule has 0 aromatic carbocycles. The molecule has 138 valence electrons. The Morgan fingerprint density at radius 3 is 2.35 bits per heavy atom. The van der Waals surface area contributed by atoms with Crippen LogP contribution in [0.4, 0.5) is 0 Å². The van der Waals surface area contributed by atoms with Crippen LogP contribution in [0.25, 0.3) is 0 Å². The van der Waals surface area contributed by atoms with E-state index < -0.39 is 0 Å². The molecule has 0 saturated carbocycles. The number of nitrogens with one attached hydrogen (secondary N) is 2. The first-order valence-electron chi connectivity index (χ1n) is 9.19. The van der Waals surface area contributed by atoms with Crippen molar-refractivity contribution in [2.24, 2.45) is 4.99 Å². The quantitative estimate of drug-likeness (QED) is 0.238. The lowest BCUT2D eigenvalue weighted by Crippen LogP contribution is -2.44. The van der Waals surface area contributed by atoms with Crippen molar-refractivity contribution in [1.29, 1.82) is 0 Å². The Kier molecular flexibility index (Phi) is 15.4. The highest BCUT2D eigenvalue weighted by atomic mass is 127. The monoisotopic (exact) mass is 439 g/mol. The van der Waals surface area contributed by atoms with Crippen molar-refractivity contribution in [3.63, 3.8) is 0 Å². The molecule has 0 aliphatic carbocycles. The first kappa shape index (κ1) is 22.9. The van der Waals surface area contributed by atoms with Gasteiger partial charge in [0.05, 0.1) is 0 Å². The van der Waals surface area contributed by atoms with Gasteiger partial charge in [-0.15, -0.1) is 24.0 Å². The van der Waals surface area contributed by atoms with E-state index >= 15 is 0 Å². The maximum atomic E-state index is 4.63. The summed E-state index contributed by atoms with van der Waals surface area (Å²) in [5.41, 5.74) is 0. The lowest BCUT2D eigenvalue weighted by molar-refractivity contribution is 0.152. The van der Waals surface area contributed by atoms with Gasteiger partial charge in [0.1, 0.15) is 0 Å². The van der Waals surface area contributed by atoms with E-state index in [0.29, 0.717) is 0 Å². The molecular weight excluding hydrogens is 401 g/mol. The Bertz CT molecular complexity index is 291. The third-order valence-corrected chi connectivity index (χ3v) is 4.17. The SMILES string of the molecule is CCCCCN=C(NCC)NCCCCN1CCN(C)CC1.I. The van der Waals surface area contributed by atoms with E-state index in [1.165, 1.54) is 64.8 Å². The fourth-order valence-electron chi connectivity index (χ4n) is 2.63. The molecule has 0 bridgehead atoms. The molecule has 0 amide bonds. The summed E-state index contributed by atoms with van der Waals surface area (Å²) in [6, 6.07) is 0. The van der Waals surface area contributed by atoms with Crippen LogP contribution in [-0.2, 0) is 0 Å². The Balaban J connectivity index is 0.00000484. The maximum absolute atomic E-state index is 4.63. The third kappa shape index (κ3) is 12.0. The molecule has 0 radical (unpaired) electrons. The molecule has 0 atom stereocenters. The van der Waals surface area contributed by atoms with Gasteiger partial charge >= 0.3 is 0 Å². The van der Waals surface area contributed by atoms with Crippen LogP contribution in [0.3, 0.4) is 0 Å². The van der Waals surface area contributed by atoms with E-state index in [2.05, 4.69) is 46.3 Å². The second-order valence-corrected chi connectivity index (χ2v) is 6.25. The summed E-state index contributed by atoms with van der Waals surface area (Å²) < 4.78 is 0. The van der Waals surface area contributed by atoms with Gasteiger partial charge in [0.2, 0.25) is 0 Å². The molecular formula is C17H38IN5. The van der Waals surface area contributed by atoms with E-state index in [-0.39, 0.29) is 24.0 Å². The number of unbranched alkanes of at least 4 members (excludes halogenated alkanes) is 3. The molecule has 1 aliphatic heterocycles. The van der Waals surface area contributed by atoms with E-state index in [4.69, 9.17) is 0 Å². The highest BCUT2D eigenvalue weighted by Crippen LogP contribution is 2.01. The predicted octanol–water partition coefficient (Wildman–Crippen LogP) is 2.38. The number of rotatable bonds is 10. The molecule has 0 spiro atoms. The number of hydrogen-bond donors (Lipinski definition) is 2. The topological polar surface area (TPSA) is 42.9 Å². The third-order valence-electron chi connectivity index (χ3n) is 4.17. The van der Waals surface area contributed by atoms with Crippen molar-refractivity contribution in [2.45, 2.75) is 46.0 Å². The largest absolute Gasteiger partial charge is 0.357 e. The number of hydrogen-bond acceptors (Lipinski definition) is 3. The molecule has 5 nitrogen and oxygen atoms in total. The Labute approximate surface area is 160 Å². The first-order chi connectivity index (χ1) is 10.8. The number of nitrogens with zero attached hydrogens (tertiary/aromatic N) is 3. The summed E-state index contributed by atoms with van der Waals surface area (Å²) in [4.78, 5) is 9.63. The lowest BCUT2D eigenvalue weighted by Gasteiger charge is -2.32. The van der Waals surface area contributed by atoms with Gasteiger partial charge in [-0.2, -0.15) is 0 Å². The molecule has 0 aromatic heterocycles. The van der Waals surface area contributed by atoms with Gasteiger partial charge < -0.3 is 20.4 Å². The summed E-state index contributed by atoms with van der Waals surface area (Å²) in [6.07, 6.45) is 6.20. The van der Waals surface area contributed by atoms with Crippen molar-refractivity contribution in [1.82, 2.24) is 20.4 Å². The molecule has 1 fully saturated rings. The lowest BCUT2D eigenvalue weighted by atomic mass is 10.2. The zero-order valence-corrected chi connectivity index (χ0v) is 17.8. The molecule has 1 saturated heterocycles. The number of piperazine rings is 1. The van der Waals surface area contributed by atoms with Crippen molar-refractivity contribution >= 4 is 29.9 Å². The number of likely N-dealkylation sites (N-methyl/N-ethyl adjacent to an activating group) is 1. The molecule has 1 rings (SSSR count). The van der Waals surface area contributed by atoms with Crippen LogP contribution >= 0.6 is 24.0 Å². The van der Waals surface area contributed by atoms with E-state index in [1.807, 2.05) is 0 Å². The minimum atomic E-state index is 0. The van der Waals surface area contributed by atoms with Gasteiger partial charge in [0, 0.05) is 45.8 Å². The average Bonchev–Trinajstić information content (AvgIpc) is 2.53. The van der Waals surface area contributed by atoms with E-state index in [1.54, 1.807) is 0 Å². The molecule has 0 unspecified atom stereocenters. The number of guanidine groups is 1. The Morgan fingerprint density at radius 1 is 0.957 bits per heavy atom. The van der Waals surface area contributed by atoms with Crippen molar-refractivity contribution in [3.8, 4) is 0 Å². The number of aliphatic imine (C=N–C) groups is 1. The Morgan fingerprint density at radius 2 is 1.70 bits per heavy atom. The fraction of sp³-hybridized carbons (Fsp3) is 0.941. The second kappa shape index (κ2) is 15.4. The van der Waals surface area contributed by atoms with Crippen LogP contribution in [-0.4, -0.2) is 75.2 Å². The molecule has 23 heavy (non-hydrogen) atoms. The Hall–Kier alpha value is -0.0800. The standard InChI is InChI=1S/C17H37N5.HI/c1-4-6-7-10-19-17(18-5-2)20-11-8-9-12-22-15-13-21(3)14-16-22;/h4-16H2,1-3H3,(H2,18,19,20);1H. The first-order valence-corrected chi connectivity index (χ1v) is 9.19. The predicted molar refractivity (Wildman–Crippen MR) is 112 cm³/mol. The van der Waals surface area contributed by atoms with Gasteiger partial charge in [-0.3, -0.25) is 4.99 Å². The van der Waals surface area contributed by atoms with Gasteiger partial charge in [-0.1, -0.05) is 19.8 Å². The van der Waals surface area contributed by atoms with Gasteiger partial charge in [-0.25, -0.2) is 0 Å². The summed E-state index contributed by atoms with van der Waals surface area (Å²) >= 11 is 0. The van der Waals surface area contributed by atoms with Crippen molar-refractivity contribution in [2.75, 3.05) is 59.4 Å². The summed E-state index contributed by atoms with van der Waals surface area (Å²) in [5.74, 6) is 0.984. The highest BCUT2D eigenvalue weighted by Gasteiger charge is 2.12. The number of halogens is 1. The van der Waals surface area contributed by atoms with Gasteiger partial charge in [0.15, 0.2) is 5.96 Å². The van der Waals surface area contributed by atoms with Gasteiger partial charge in [-0.05, 0) is 39.8 Å². The molecule has 6 heteroatoms. The van der Waals surface area contributed by atoms with Crippen molar-refractivity contribution in [3.05, 3.63) is 0 Å². The highest BCUT2D eigenvalue weighted by molar-refractivity contribution is 14.0. The van der Waals surface area contributed by atoms with E-state index in [9.17, 15) is 0 Å². The van der Waals surface area contributed by atoms with Gasteiger partial charge in [0.25, 0.3) is 0 Å². The van der Waals surface area contributed by atoms with Crippen LogP contribution in [0.1, 0.15) is 46.0 Å². The molecule has 1 heterocycles. The molecule has 2 N–H and O–H groups in total. The zero-order chi connectivity index (χ0) is 16.0. The second-order valence-electron chi connectivity index (χ2n) is 6.25. The van der Waals surface area contributed by atoms with E-state index in [0.717, 1.165) is 25.6 Å². The van der Waals surface area contributed by atoms with Crippen LogP contribution < -0.4 is 10.6 Å². The summed E-state index contributed by atoms with van der Waals surface area (Å²) in [5, 5.41) is 6.78. The molecule has 1 aliphatic rings. The minimum Gasteiger partial charge on any atom is -0.357 e. The average molecular weight is 439 g/mol. The smallest absolute Gasteiger partial charge is 0.191 e. The maximum Gasteiger partial charge on any atom is 0.191 e. The van der Waals surface area contributed by atoms with Crippen LogP contribution in [0, 0.1) is 0 Å². The minimum absolute atomic E-state index is 0. The summed E-state index contributed by atoms with van der Waals surface area (Å²) in [6.45, 7) is 13.4. The van der Waals surface area contributed by atoms with Crippen LogP contribution in [0.2, 0.25) is 0 Å². The molecule has 0 aromatic rings. The van der Waals surface area contributed by atoms with Crippen LogP contribution in [0.5, 0.6) is 0 Å². The van der Waals surface area contributed by atoms with Crippen molar-refractivity contribution < 1.29 is 0 Å². The normalized spacial score (nSPS) is 16.9. The summed E-state index contributed by atoms with van der Waals surface area (Å²) in [7, 11) is 2.21. The van der Waals surface area contributed by atoms with Crippen LogP contribution in [0.15, 0.2) is 4.99 Å². The fourth-order valence-corrected chi connectivity index (χ4v) is 2.63. The zero-order valence-electron chi connectivity index (χ0n) is 15.4.